The fourth-order valence-corrected chi connectivity index (χ4v) is 3.10. The van der Waals surface area contributed by atoms with E-state index in [4.69, 9.17) is 11.6 Å². The van der Waals surface area contributed by atoms with Gasteiger partial charge >= 0.3 is 5.97 Å². The lowest BCUT2D eigenvalue weighted by Crippen LogP contribution is -2.39. The van der Waals surface area contributed by atoms with Crippen molar-refractivity contribution in [2.75, 3.05) is 31.6 Å². The van der Waals surface area contributed by atoms with Gasteiger partial charge in [-0.3, -0.25) is 4.90 Å². The summed E-state index contributed by atoms with van der Waals surface area (Å²) in [4.78, 5) is 15.8. The lowest BCUT2D eigenvalue weighted by atomic mass is 10.1. The summed E-state index contributed by atoms with van der Waals surface area (Å²) in [6, 6.07) is 5.42. The summed E-state index contributed by atoms with van der Waals surface area (Å²) in [6.45, 7) is 5.17. The average Bonchev–Trinajstić information content (AvgIpc) is 2.85. The zero-order valence-corrected chi connectivity index (χ0v) is 12.7. The van der Waals surface area contributed by atoms with Gasteiger partial charge in [0.2, 0.25) is 0 Å². The second-order valence-corrected chi connectivity index (χ2v) is 5.71. The molecule has 1 N–H and O–H groups in total. The van der Waals surface area contributed by atoms with E-state index in [2.05, 4.69) is 11.8 Å². The van der Waals surface area contributed by atoms with Crippen molar-refractivity contribution >= 4 is 23.3 Å². The van der Waals surface area contributed by atoms with Crippen molar-refractivity contribution in [2.45, 2.75) is 25.8 Å². The van der Waals surface area contributed by atoms with E-state index in [-0.39, 0.29) is 0 Å². The topological polar surface area (TPSA) is 43.8 Å². The first-order valence-corrected chi connectivity index (χ1v) is 7.38. The van der Waals surface area contributed by atoms with Crippen molar-refractivity contribution < 1.29 is 9.90 Å². The van der Waals surface area contributed by atoms with E-state index in [1.165, 1.54) is 12.8 Å². The van der Waals surface area contributed by atoms with Crippen molar-refractivity contribution in [1.82, 2.24) is 4.90 Å². The quantitative estimate of drug-likeness (QED) is 0.907. The van der Waals surface area contributed by atoms with Gasteiger partial charge in [0.15, 0.2) is 0 Å². The molecule has 1 heterocycles. The molecule has 0 aliphatic carbocycles. The summed E-state index contributed by atoms with van der Waals surface area (Å²) in [7, 11) is 1.93. The van der Waals surface area contributed by atoms with Gasteiger partial charge in [0, 0.05) is 24.7 Å². The van der Waals surface area contributed by atoms with Gasteiger partial charge in [-0.05, 0) is 44.1 Å². The molecule has 1 aromatic carbocycles. The van der Waals surface area contributed by atoms with E-state index in [9.17, 15) is 9.90 Å². The fourth-order valence-electron chi connectivity index (χ4n) is 2.93. The number of carbonyl (C=O) groups is 1. The Hall–Kier alpha value is -1.26. The van der Waals surface area contributed by atoms with Crippen LogP contribution in [-0.4, -0.2) is 48.7 Å². The van der Waals surface area contributed by atoms with Crippen molar-refractivity contribution in [3.63, 3.8) is 0 Å². The Bertz CT molecular complexity index is 493. The molecule has 1 aliphatic heterocycles. The van der Waals surface area contributed by atoms with E-state index in [1.807, 2.05) is 11.9 Å². The average molecular weight is 297 g/mol. The minimum atomic E-state index is -0.915. The Morgan fingerprint density at radius 1 is 1.55 bits per heavy atom. The molecule has 1 unspecified atom stereocenters. The Labute approximate surface area is 124 Å². The number of anilines is 1. The number of likely N-dealkylation sites (tertiary alicyclic amines) is 1. The number of hydrogen-bond donors (Lipinski definition) is 1. The number of carboxylic acid groups (broad SMARTS) is 1. The molecule has 20 heavy (non-hydrogen) atoms. The lowest BCUT2D eigenvalue weighted by molar-refractivity contribution is 0.0697. The highest BCUT2D eigenvalue weighted by atomic mass is 35.5. The van der Waals surface area contributed by atoms with E-state index in [0.29, 0.717) is 22.3 Å². The number of hydrogen-bond acceptors (Lipinski definition) is 3. The van der Waals surface area contributed by atoms with E-state index in [0.717, 1.165) is 19.6 Å². The number of nitrogens with zero attached hydrogens (tertiary/aromatic N) is 2. The van der Waals surface area contributed by atoms with Crippen LogP contribution in [-0.2, 0) is 0 Å². The molecule has 110 valence electrons. The molecular formula is C15H21ClN2O2. The van der Waals surface area contributed by atoms with Gasteiger partial charge in [0.1, 0.15) is 0 Å². The van der Waals surface area contributed by atoms with E-state index >= 15 is 0 Å². The molecular weight excluding hydrogens is 276 g/mol. The van der Waals surface area contributed by atoms with Crippen molar-refractivity contribution in [3.05, 3.63) is 28.8 Å². The van der Waals surface area contributed by atoms with Gasteiger partial charge in [-0.25, -0.2) is 4.79 Å². The Balaban J connectivity index is 2.18. The number of aromatic carboxylic acids is 1. The molecule has 0 bridgehead atoms. The predicted octanol–water partition coefficient (Wildman–Crippen LogP) is 2.96. The van der Waals surface area contributed by atoms with Crippen LogP contribution in [0.15, 0.2) is 18.2 Å². The second-order valence-electron chi connectivity index (χ2n) is 5.27. The fraction of sp³-hybridized carbons (Fsp3) is 0.533. The summed E-state index contributed by atoms with van der Waals surface area (Å²) in [5.41, 5.74) is 0.992. The Morgan fingerprint density at radius 2 is 2.30 bits per heavy atom. The highest BCUT2D eigenvalue weighted by Crippen LogP contribution is 2.26. The van der Waals surface area contributed by atoms with Gasteiger partial charge in [-0.15, -0.1) is 0 Å². The highest BCUT2D eigenvalue weighted by Gasteiger charge is 2.25. The van der Waals surface area contributed by atoms with Gasteiger partial charge in [-0.2, -0.15) is 0 Å². The zero-order chi connectivity index (χ0) is 14.7. The van der Waals surface area contributed by atoms with Gasteiger partial charge in [0.05, 0.1) is 11.3 Å². The zero-order valence-electron chi connectivity index (χ0n) is 12.0. The van der Waals surface area contributed by atoms with Crippen LogP contribution in [0.3, 0.4) is 0 Å². The molecule has 4 nitrogen and oxygen atoms in total. The van der Waals surface area contributed by atoms with Crippen molar-refractivity contribution in [2.24, 2.45) is 0 Å². The maximum absolute atomic E-state index is 11.3. The molecule has 0 radical (unpaired) electrons. The molecule has 1 saturated heterocycles. The number of rotatable bonds is 5. The predicted molar refractivity (Wildman–Crippen MR) is 82.0 cm³/mol. The third kappa shape index (κ3) is 3.25. The third-order valence-electron chi connectivity index (χ3n) is 3.99. The molecule has 1 aromatic rings. The highest BCUT2D eigenvalue weighted by molar-refractivity contribution is 6.31. The Kier molecular flexibility index (Phi) is 4.89. The molecule has 5 heteroatoms. The smallest absolute Gasteiger partial charge is 0.337 e. The van der Waals surface area contributed by atoms with Crippen LogP contribution in [0.2, 0.25) is 5.02 Å². The van der Waals surface area contributed by atoms with Crippen LogP contribution in [0, 0.1) is 0 Å². The van der Waals surface area contributed by atoms with Gasteiger partial charge in [-0.1, -0.05) is 18.5 Å². The molecule has 2 rings (SSSR count). The summed E-state index contributed by atoms with van der Waals surface area (Å²) in [5.74, 6) is -0.915. The van der Waals surface area contributed by atoms with Crippen LogP contribution in [0.4, 0.5) is 5.69 Å². The number of benzene rings is 1. The molecule has 1 fully saturated rings. The standard InChI is InChI=1S/C15H21ClN2O2/c1-3-18-8-4-5-12(18)10-17(2)14-9-11(16)6-7-13(14)15(19)20/h6-7,9,12H,3-5,8,10H2,1-2H3,(H,19,20). The van der Waals surface area contributed by atoms with Crippen LogP contribution in [0.1, 0.15) is 30.1 Å². The van der Waals surface area contributed by atoms with Crippen LogP contribution in [0.5, 0.6) is 0 Å². The van der Waals surface area contributed by atoms with Crippen LogP contribution in [0.25, 0.3) is 0 Å². The largest absolute Gasteiger partial charge is 0.478 e. The number of likely N-dealkylation sites (N-methyl/N-ethyl adjacent to an activating group) is 2. The first-order chi connectivity index (χ1) is 9.52. The maximum Gasteiger partial charge on any atom is 0.337 e. The lowest BCUT2D eigenvalue weighted by Gasteiger charge is -2.29. The monoisotopic (exact) mass is 296 g/mol. The molecule has 0 saturated carbocycles. The van der Waals surface area contributed by atoms with Gasteiger partial charge in [0.25, 0.3) is 0 Å². The Morgan fingerprint density at radius 3 is 2.95 bits per heavy atom. The first kappa shape index (κ1) is 15.1. The maximum atomic E-state index is 11.3. The summed E-state index contributed by atoms with van der Waals surface area (Å²) in [5, 5.41) is 9.85. The molecule has 0 spiro atoms. The van der Waals surface area contributed by atoms with Crippen molar-refractivity contribution in [3.8, 4) is 0 Å². The summed E-state index contributed by atoms with van der Waals surface area (Å²) < 4.78 is 0. The van der Waals surface area contributed by atoms with E-state index in [1.54, 1.807) is 18.2 Å². The normalized spacial score (nSPS) is 19.2. The van der Waals surface area contributed by atoms with Crippen molar-refractivity contribution in [1.29, 1.82) is 0 Å². The summed E-state index contributed by atoms with van der Waals surface area (Å²) in [6.07, 6.45) is 2.38. The number of carboxylic acids is 1. The van der Waals surface area contributed by atoms with Gasteiger partial charge < -0.3 is 10.0 Å². The second kappa shape index (κ2) is 6.46. The summed E-state index contributed by atoms with van der Waals surface area (Å²) >= 11 is 6.01. The molecule has 1 atom stereocenters. The number of halogens is 1. The third-order valence-corrected chi connectivity index (χ3v) is 4.23. The molecule has 1 aliphatic rings. The molecule has 0 aromatic heterocycles. The minimum Gasteiger partial charge on any atom is -0.478 e. The minimum absolute atomic E-state index is 0.304. The van der Waals surface area contributed by atoms with E-state index < -0.39 is 5.97 Å². The van der Waals surface area contributed by atoms with Crippen LogP contribution >= 0.6 is 11.6 Å². The van der Waals surface area contributed by atoms with Crippen LogP contribution < -0.4 is 4.90 Å². The SMILES string of the molecule is CCN1CCCC1CN(C)c1cc(Cl)ccc1C(=O)O. The molecule has 0 amide bonds. The first-order valence-electron chi connectivity index (χ1n) is 7.01.